The van der Waals surface area contributed by atoms with Crippen molar-refractivity contribution in [2.24, 2.45) is 0 Å². The molecule has 0 saturated carbocycles. The van der Waals surface area contributed by atoms with Crippen molar-refractivity contribution < 1.29 is 27.5 Å². The van der Waals surface area contributed by atoms with Gasteiger partial charge in [0.25, 0.3) is 15.9 Å². The smallest absolute Gasteiger partial charge is 0.264 e. The summed E-state index contributed by atoms with van der Waals surface area (Å²) in [5.74, 6) is 0.183. The molecule has 9 nitrogen and oxygen atoms in total. The van der Waals surface area contributed by atoms with Crippen molar-refractivity contribution in [1.82, 2.24) is 9.71 Å². The van der Waals surface area contributed by atoms with E-state index in [0.29, 0.717) is 39.3 Å². The van der Waals surface area contributed by atoms with Crippen molar-refractivity contribution in [1.29, 1.82) is 0 Å². The zero-order valence-corrected chi connectivity index (χ0v) is 19.3. The van der Waals surface area contributed by atoms with Crippen LogP contribution in [-0.4, -0.2) is 32.0 Å². The Morgan fingerprint density at radius 2 is 1.66 bits per heavy atom. The molecule has 2 amide bonds. The zero-order valence-electron chi connectivity index (χ0n) is 18.4. The number of hydrogen-bond acceptors (Lipinski definition) is 7. The number of nitrogens with one attached hydrogen (secondary N) is 2. The molecule has 1 aromatic heterocycles. The van der Waals surface area contributed by atoms with E-state index in [1.807, 2.05) is 41.1 Å². The number of anilines is 1. The van der Waals surface area contributed by atoms with Crippen LogP contribution in [0.4, 0.5) is 5.69 Å². The summed E-state index contributed by atoms with van der Waals surface area (Å²) in [5.41, 5.74) is 2.79. The molecule has 176 valence electrons. The first-order valence-electron chi connectivity index (χ1n) is 10.5. The molecule has 4 aromatic rings. The van der Waals surface area contributed by atoms with Gasteiger partial charge >= 0.3 is 0 Å². The van der Waals surface area contributed by atoms with E-state index >= 15 is 0 Å². The van der Waals surface area contributed by atoms with Gasteiger partial charge in [-0.2, -0.15) is 0 Å². The minimum absolute atomic E-state index is 0.0924. The van der Waals surface area contributed by atoms with E-state index < -0.39 is 15.9 Å². The number of rotatable bonds is 5. The van der Waals surface area contributed by atoms with Gasteiger partial charge < -0.3 is 14.8 Å². The number of benzene rings is 3. The minimum atomic E-state index is -3.97. The lowest BCUT2D eigenvalue weighted by Gasteiger charge is -2.12. The average Bonchev–Trinajstić information content (AvgIpc) is 3.31. The Balaban J connectivity index is 1.47. The highest BCUT2D eigenvalue weighted by atomic mass is 32.2. The normalized spacial score (nSPS) is 12.4. The third-order valence-electron chi connectivity index (χ3n) is 5.33. The molecule has 0 unspecified atom stereocenters. The van der Waals surface area contributed by atoms with Gasteiger partial charge in [0.05, 0.1) is 21.7 Å². The van der Waals surface area contributed by atoms with Crippen molar-refractivity contribution >= 4 is 38.4 Å². The summed E-state index contributed by atoms with van der Waals surface area (Å²) in [6.45, 7) is 1.27. The van der Waals surface area contributed by atoms with E-state index in [0.717, 1.165) is 12.5 Å². The fourth-order valence-electron chi connectivity index (χ4n) is 3.73. The lowest BCUT2D eigenvalue weighted by Crippen LogP contribution is -2.28. The summed E-state index contributed by atoms with van der Waals surface area (Å²) in [5, 5.41) is 3.46. The number of pyridine rings is 1. The number of sulfonamides is 1. The fourth-order valence-corrected chi connectivity index (χ4v) is 4.72. The molecule has 0 spiro atoms. The first-order chi connectivity index (χ1) is 16.8. The second-order valence-electron chi connectivity index (χ2n) is 7.78. The van der Waals surface area contributed by atoms with Crippen molar-refractivity contribution in [3.8, 4) is 22.8 Å². The number of para-hydroxylation sites is 1. The maximum Gasteiger partial charge on any atom is 0.264 e. The minimum Gasteiger partial charge on any atom is -0.454 e. The molecule has 0 radical (unpaired) electrons. The molecule has 2 heterocycles. The zero-order chi connectivity index (χ0) is 24.6. The largest absolute Gasteiger partial charge is 0.454 e. The van der Waals surface area contributed by atoms with Crippen molar-refractivity contribution in [3.63, 3.8) is 0 Å². The topological polar surface area (TPSA) is 124 Å². The molecule has 0 atom stereocenters. The molecule has 0 aliphatic carbocycles. The van der Waals surface area contributed by atoms with Crippen LogP contribution in [0.3, 0.4) is 0 Å². The van der Waals surface area contributed by atoms with Crippen molar-refractivity contribution in [3.05, 3.63) is 78.4 Å². The number of carbonyl (C=O) groups is 2. The molecule has 0 bridgehead atoms. The maximum absolute atomic E-state index is 13.3. The van der Waals surface area contributed by atoms with Crippen LogP contribution >= 0.6 is 0 Å². The highest BCUT2D eigenvalue weighted by Crippen LogP contribution is 2.36. The lowest BCUT2D eigenvalue weighted by atomic mass is 10.0. The summed E-state index contributed by atoms with van der Waals surface area (Å²) in [6, 6.07) is 20.0. The van der Waals surface area contributed by atoms with E-state index in [-0.39, 0.29) is 17.6 Å². The van der Waals surface area contributed by atoms with Crippen LogP contribution in [0.2, 0.25) is 0 Å². The molecule has 5 rings (SSSR count). The van der Waals surface area contributed by atoms with Gasteiger partial charge in [-0.25, -0.2) is 18.1 Å². The molecule has 35 heavy (non-hydrogen) atoms. The van der Waals surface area contributed by atoms with Crippen LogP contribution in [0.1, 0.15) is 17.3 Å². The predicted molar refractivity (Wildman–Crippen MR) is 129 cm³/mol. The van der Waals surface area contributed by atoms with Crippen molar-refractivity contribution in [2.75, 3.05) is 12.1 Å². The van der Waals surface area contributed by atoms with E-state index in [2.05, 4.69) is 5.32 Å². The van der Waals surface area contributed by atoms with E-state index in [1.165, 1.54) is 24.3 Å². The van der Waals surface area contributed by atoms with Crippen LogP contribution in [0.5, 0.6) is 11.5 Å². The molecule has 0 fully saturated rings. The fraction of sp³-hybridized carbons (Fsp3) is 0.0800. The van der Waals surface area contributed by atoms with Crippen LogP contribution < -0.4 is 19.5 Å². The second-order valence-corrected chi connectivity index (χ2v) is 9.46. The molecule has 2 N–H and O–H groups in total. The third kappa shape index (κ3) is 4.51. The molecule has 0 saturated heterocycles. The number of amides is 2. The van der Waals surface area contributed by atoms with Gasteiger partial charge in [-0.15, -0.1) is 0 Å². The van der Waals surface area contributed by atoms with Gasteiger partial charge in [0, 0.05) is 23.6 Å². The van der Waals surface area contributed by atoms with Gasteiger partial charge in [0.1, 0.15) is 0 Å². The number of hydrogen-bond donors (Lipinski definition) is 2. The van der Waals surface area contributed by atoms with Crippen LogP contribution in [0, 0.1) is 0 Å². The number of fused-ring (bicyclic) bond motifs is 2. The van der Waals surface area contributed by atoms with Crippen molar-refractivity contribution in [2.45, 2.75) is 11.8 Å². The Kier molecular flexibility index (Phi) is 5.58. The van der Waals surface area contributed by atoms with E-state index in [1.54, 1.807) is 12.1 Å². The quantitative estimate of drug-likeness (QED) is 0.438. The number of nitrogens with zero attached hydrogens (tertiary/aromatic N) is 1. The molecule has 1 aliphatic rings. The van der Waals surface area contributed by atoms with Gasteiger partial charge in [-0.1, -0.05) is 18.2 Å². The number of carbonyl (C=O) groups excluding carboxylic acids is 2. The molecule has 1 aliphatic heterocycles. The highest BCUT2D eigenvalue weighted by molar-refractivity contribution is 7.90. The SMILES string of the molecule is CC(=O)NS(=O)(=O)c1ccc(NC(=O)c2cc(-c3ccc4c(c3)OCO4)nc3ccccc23)cc1. The van der Waals surface area contributed by atoms with Gasteiger partial charge in [-0.05, 0) is 54.6 Å². The third-order valence-corrected chi connectivity index (χ3v) is 6.78. The lowest BCUT2D eigenvalue weighted by molar-refractivity contribution is -0.117. The summed E-state index contributed by atoms with van der Waals surface area (Å²) in [7, 11) is -3.97. The first kappa shape index (κ1) is 22.4. The first-order valence-corrected chi connectivity index (χ1v) is 12.0. The van der Waals surface area contributed by atoms with Gasteiger partial charge in [0.2, 0.25) is 12.7 Å². The predicted octanol–water partition coefficient (Wildman–Crippen LogP) is 3.71. The van der Waals surface area contributed by atoms with E-state index in [9.17, 15) is 18.0 Å². The van der Waals surface area contributed by atoms with Crippen LogP contribution in [0.15, 0.2) is 77.7 Å². The Morgan fingerprint density at radius 1 is 0.914 bits per heavy atom. The monoisotopic (exact) mass is 489 g/mol. The summed E-state index contributed by atoms with van der Waals surface area (Å²) in [6.07, 6.45) is 0. The molecule has 10 heteroatoms. The van der Waals surface area contributed by atoms with Gasteiger partial charge in [0.15, 0.2) is 11.5 Å². The summed E-state index contributed by atoms with van der Waals surface area (Å²) >= 11 is 0. The van der Waals surface area contributed by atoms with Crippen LogP contribution in [-0.2, 0) is 14.8 Å². The Morgan fingerprint density at radius 3 is 2.43 bits per heavy atom. The Hall–Kier alpha value is -4.44. The van der Waals surface area contributed by atoms with E-state index in [4.69, 9.17) is 14.5 Å². The highest BCUT2D eigenvalue weighted by Gasteiger charge is 2.19. The second kappa shape index (κ2) is 8.73. The average molecular weight is 490 g/mol. The Bertz CT molecular complexity index is 1580. The molecule has 3 aromatic carbocycles. The van der Waals surface area contributed by atoms with Crippen LogP contribution in [0.25, 0.3) is 22.2 Å². The number of aromatic nitrogens is 1. The molecular weight excluding hydrogens is 470 g/mol. The number of ether oxygens (including phenoxy) is 2. The summed E-state index contributed by atoms with van der Waals surface area (Å²) < 4.78 is 37.0. The maximum atomic E-state index is 13.3. The Labute approximate surface area is 200 Å². The standard InChI is InChI=1S/C25H19N3O6S/c1-15(29)28-35(31,32)18-9-7-17(8-10-18)26-25(30)20-13-22(27-21-5-3-2-4-19(20)21)16-6-11-23-24(12-16)34-14-33-23/h2-13H,14H2,1H3,(H,26,30)(H,28,29). The summed E-state index contributed by atoms with van der Waals surface area (Å²) in [4.78, 5) is 29.0. The molecular formula is C25H19N3O6S. The van der Waals surface area contributed by atoms with Gasteiger partial charge in [-0.3, -0.25) is 9.59 Å².